The molecule has 4 aliphatic carbocycles. The van der Waals surface area contributed by atoms with Crippen molar-refractivity contribution >= 4 is 0 Å². The largest absolute Gasteiger partial charge is 0.393 e. The van der Waals surface area contributed by atoms with E-state index in [0.717, 1.165) is 19.3 Å². The molecule has 0 bridgehead atoms. The monoisotopic (exact) mass is 434 g/mol. The van der Waals surface area contributed by atoms with E-state index in [1.165, 1.54) is 31.3 Å². The maximum absolute atomic E-state index is 11.1. The summed E-state index contributed by atoms with van der Waals surface area (Å²) in [5, 5.41) is 41.7. The average Bonchev–Trinajstić information content (AvgIpc) is 3.03. The van der Waals surface area contributed by atoms with Crippen LogP contribution in [0.25, 0.3) is 0 Å². The molecule has 3 saturated carbocycles. The number of fused-ring (bicyclic) bond motifs is 5. The summed E-state index contributed by atoms with van der Waals surface area (Å²) < 4.78 is 0. The molecule has 0 aromatic heterocycles. The van der Waals surface area contributed by atoms with Crippen LogP contribution < -0.4 is 0 Å². The Morgan fingerprint density at radius 2 is 1.81 bits per heavy atom. The van der Waals surface area contributed by atoms with Crippen molar-refractivity contribution in [2.45, 2.75) is 116 Å². The summed E-state index contributed by atoms with van der Waals surface area (Å²) in [6.07, 6.45) is 9.81. The topological polar surface area (TPSA) is 80.9 Å². The number of aliphatic hydroxyl groups is 4. The summed E-state index contributed by atoms with van der Waals surface area (Å²) in [4.78, 5) is 0. The number of hydrogen-bond acceptors (Lipinski definition) is 4. The van der Waals surface area contributed by atoms with Crippen LogP contribution in [0.1, 0.15) is 92.4 Å². The van der Waals surface area contributed by atoms with Crippen molar-refractivity contribution in [3.8, 4) is 0 Å². The van der Waals surface area contributed by atoms with Crippen molar-refractivity contribution in [3.63, 3.8) is 0 Å². The Bertz CT molecular complexity index is 696. The number of rotatable bonds is 5. The van der Waals surface area contributed by atoms with Crippen LogP contribution in [0, 0.1) is 40.4 Å². The van der Waals surface area contributed by atoms with E-state index in [1.54, 1.807) is 13.8 Å². The van der Waals surface area contributed by atoms with E-state index in [9.17, 15) is 20.4 Å². The van der Waals surface area contributed by atoms with Gasteiger partial charge in [-0.25, -0.2) is 0 Å². The zero-order valence-corrected chi connectivity index (χ0v) is 20.3. The minimum Gasteiger partial charge on any atom is -0.393 e. The summed E-state index contributed by atoms with van der Waals surface area (Å²) in [6.45, 7) is 10.5. The third-order valence-corrected chi connectivity index (χ3v) is 10.6. The van der Waals surface area contributed by atoms with Gasteiger partial charge < -0.3 is 20.4 Å². The lowest BCUT2D eigenvalue weighted by molar-refractivity contribution is -0.108. The molecule has 0 aromatic rings. The molecule has 4 rings (SSSR count). The Balaban J connectivity index is 1.50. The Hall–Kier alpha value is -0.420. The third kappa shape index (κ3) is 3.84. The molecule has 4 N–H and O–H groups in total. The second-order valence-corrected chi connectivity index (χ2v) is 12.7. The first kappa shape index (κ1) is 23.7. The molecule has 178 valence electrons. The lowest BCUT2D eigenvalue weighted by atomic mass is 9.46. The molecule has 31 heavy (non-hydrogen) atoms. The van der Waals surface area contributed by atoms with Crippen LogP contribution in [-0.2, 0) is 0 Å². The van der Waals surface area contributed by atoms with Gasteiger partial charge in [-0.05, 0) is 100 Å². The molecule has 0 heterocycles. The summed E-state index contributed by atoms with van der Waals surface area (Å²) in [5.74, 6) is 3.08. The Morgan fingerprint density at radius 1 is 1.10 bits per heavy atom. The Morgan fingerprint density at radius 3 is 2.48 bits per heavy atom. The molecule has 0 aromatic carbocycles. The van der Waals surface area contributed by atoms with Gasteiger partial charge in [0.05, 0.1) is 23.9 Å². The standard InChI is InChI=1S/C27H46O4/c1-16(6-11-23(29)25(2,3)31)20-9-10-21-19-8-7-17-14-18(28)15-24(30)27(17,5)22(19)12-13-26(20,21)4/h7,16,18-24,28-31H,6,8-15H2,1-5H3/t16-,18-,19+,20-,21+,22+,23?,24+,26-,27+/m1/s1. The first-order valence-corrected chi connectivity index (χ1v) is 12.8. The van der Waals surface area contributed by atoms with Crippen molar-refractivity contribution in [1.29, 1.82) is 0 Å². The fourth-order valence-electron chi connectivity index (χ4n) is 8.65. The van der Waals surface area contributed by atoms with Gasteiger partial charge in [0.2, 0.25) is 0 Å². The fraction of sp³-hybridized carbons (Fsp3) is 0.926. The van der Waals surface area contributed by atoms with Crippen LogP contribution >= 0.6 is 0 Å². The van der Waals surface area contributed by atoms with Gasteiger partial charge in [-0.2, -0.15) is 0 Å². The number of aliphatic hydroxyl groups excluding tert-OH is 3. The molecule has 1 unspecified atom stereocenters. The molecule has 0 radical (unpaired) electrons. The Kier molecular flexibility index (Phi) is 6.21. The molecule has 4 heteroatoms. The zero-order valence-electron chi connectivity index (χ0n) is 20.3. The second kappa shape index (κ2) is 8.11. The highest BCUT2D eigenvalue weighted by molar-refractivity contribution is 5.27. The van der Waals surface area contributed by atoms with Crippen LogP contribution in [0.4, 0.5) is 0 Å². The van der Waals surface area contributed by atoms with Crippen LogP contribution in [-0.4, -0.2) is 44.3 Å². The van der Waals surface area contributed by atoms with Crippen LogP contribution in [0.3, 0.4) is 0 Å². The van der Waals surface area contributed by atoms with Crippen molar-refractivity contribution < 1.29 is 20.4 Å². The van der Waals surface area contributed by atoms with Gasteiger partial charge in [0.15, 0.2) is 0 Å². The van der Waals surface area contributed by atoms with Gasteiger partial charge in [0.1, 0.15) is 0 Å². The summed E-state index contributed by atoms with van der Waals surface area (Å²) >= 11 is 0. The van der Waals surface area contributed by atoms with Crippen molar-refractivity contribution in [3.05, 3.63) is 11.6 Å². The van der Waals surface area contributed by atoms with Gasteiger partial charge in [0.25, 0.3) is 0 Å². The van der Waals surface area contributed by atoms with Crippen molar-refractivity contribution in [2.75, 3.05) is 0 Å². The molecule has 4 aliphatic rings. The highest BCUT2D eigenvalue weighted by atomic mass is 16.3. The number of allylic oxidation sites excluding steroid dienone is 1. The lowest BCUT2D eigenvalue weighted by Gasteiger charge is -2.59. The Labute approximate surface area is 189 Å². The molecule has 4 nitrogen and oxygen atoms in total. The van der Waals surface area contributed by atoms with Gasteiger partial charge in [-0.15, -0.1) is 0 Å². The maximum atomic E-state index is 11.1. The molecule has 0 amide bonds. The zero-order chi connectivity index (χ0) is 22.8. The molecule has 3 fully saturated rings. The van der Waals surface area contributed by atoms with E-state index in [2.05, 4.69) is 26.8 Å². The number of hydrogen-bond donors (Lipinski definition) is 4. The predicted octanol–water partition coefficient (Wildman–Crippen LogP) is 4.45. The first-order valence-electron chi connectivity index (χ1n) is 12.8. The smallest absolute Gasteiger partial charge is 0.0849 e. The SMILES string of the molecule is C[C@H](CCC(O)C(C)(C)O)[C@H]1CC[C@H]2[C@@H]3CC=C4C[C@@H](O)C[C@H](O)[C@]4(C)[C@H]3CC[C@]12C. The van der Waals surface area contributed by atoms with Crippen molar-refractivity contribution in [2.24, 2.45) is 40.4 Å². The summed E-state index contributed by atoms with van der Waals surface area (Å²) in [5.41, 5.74) is 0.452. The van der Waals surface area contributed by atoms with E-state index >= 15 is 0 Å². The average molecular weight is 435 g/mol. The van der Waals surface area contributed by atoms with E-state index < -0.39 is 23.9 Å². The molecule has 0 spiro atoms. The lowest BCUT2D eigenvalue weighted by Crippen LogP contribution is -2.55. The minimum atomic E-state index is -1.03. The maximum Gasteiger partial charge on any atom is 0.0849 e. The summed E-state index contributed by atoms with van der Waals surface area (Å²) in [7, 11) is 0. The van der Waals surface area contributed by atoms with Gasteiger partial charge in [-0.1, -0.05) is 32.4 Å². The van der Waals surface area contributed by atoms with E-state index in [4.69, 9.17) is 0 Å². The minimum absolute atomic E-state index is 0.163. The molecular weight excluding hydrogens is 388 g/mol. The van der Waals surface area contributed by atoms with E-state index in [-0.39, 0.29) is 5.41 Å². The highest BCUT2D eigenvalue weighted by Gasteiger charge is 2.60. The molecule has 10 atom stereocenters. The van der Waals surface area contributed by atoms with Gasteiger partial charge in [-0.3, -0.25) is 0 Å². The molecular formula is C27H46O4. The molecule has 0 saturated heterocycles. The third-order valence-electron chi connectivity index (χ3n) is 10.6. The van der Waals surface area contributed by atoms with Gasteiger partial charge in [0, 0.05) is 11.8 Å². The van der Waals surface area contributed by atoms with E-state index in [0.29, 0.717) is 47.8 Å². The van der Waals surface area contributed by atoms with Crippen LogP contribution in [0.15, 0.2) is 11.6 Å². The van der Waals surface area contributed by atoms with Crippen LogP contribution in [0.5, 0.6) is 0 Å². The quantitative estimate of drug-likeness (QED) is 0.482. The van der Waals surface area contributed by atoms with Gasteiger partial charge >= 0.3 is 0 Å². The molecule has 0 aliphatic heterocycles. The highest BCUT2D eigenvalue weighted by Crippen LogP contribution is 2.67. The second-order valence-electron chi connectivity index (χ2n) is 12.7. The summed E-state index contributed by atoms with van der Waals surface area (Å²) in [6, 6.07) is 0. The van der Waals surface area contributed by atoms with E-state index in [1.807, 2.05) is 0 Å². The first-order chi connectivity index (χ1) is 14.4. The fourth-order valence-corrected chi connectivity index (χ4v) is 8.65. The predicted molar refractivity (Wildman–Crippen MR) is 123 cm³/mol. The van der Waals surface area contributed by atoms with Crippen molar-refractivity contribution in [1.82, 2.24) is 0 Å². The normalized spacial score (nSPS) is 47.1. The van der Waals surface area contributed by atoms with Crippen LogP contribution in [0.2, 0.25) is 0 Å².